The molecule has 0 bridgehead atoms. The Bertz CT molecular complexity index is 2560. The van der Waals surface area contributed by atoms with Gasteiger partial charge in [0, 0.05) is 44.1 Å². The maximum atomic E-state index is 15.4. The van der Waals surface area contributed by atoms with Gasteiger partial charge in [0.15, 0.2) is 0 Å². The van der Waals surface area contributed by atoms with E-state index in [2.05, 4.69) is 90.4 Å². The van der Waals surface area contributed by atoms with Crippen LogP contribution in [0.4, 0.5) is 0 Å². The number of fused-ring (bicyclic) bond motifs is 3. The molecule has 6 unspecified atom stereocenters. The summed E-state index contributed by atoms with van der Waals surface area (Å²) in [6, 6.07) is 38.8. The molecule has 0 aromatic heterocycles. The molecule has 5 aromatic rings. The van der Waals surface area contributed by atoms with Gasteiger partial charge in [0.05, 0.1) is 18.2 Å². The van der Waals surface area contributed by atoms with Gasteiger partial charge in [-0.1, -0.05) is 141 Å². The molecule has 6 atom stereocenters. The molecule has 0 saturated heterocycles. The highest BCUT2D eigenvalue weighted by molar-refractivity contribution is 6.03. The summed E-state index contributed by atoms with van der Waals surface area (Å²) in [5, 5.41) is 27.3. The van der Waals surface area contributed by atoms with Gasteiger partial charge in [-0.3, -0.25) is 4.79 Å². The van der Waals surface area contributed by atoms with Crippen LogP contribution < -0.4 is 9.47 Å². The minimum absolute atomic E-state index is 0.0785. The first-order chi connectivity index (χ1) is 33.9. The fraction of sp³-hybridized carbons (Fsp3) is 0.433. The summed E-state index contributed by atoms with van der Waals surface area (Å²) in [6.07, 6.45) is 15.4. The zero-order chi connectivity index (χ0) is 47.6. The second kappa shape index (κ2) is 22.8. The van der Waals surface area contributed by atoms with Crippen LogP contribution in [0.25, 0.3) is 21.9 Å². The van der Waals surface area contributed by atoms with E-state index < -0.39 is 17.7 Å². The van der Waals surface area contributed by atoms with Crippen LogP contribution in [0.3, 0.4) is 0 Å². The predicted octanol–water partition coefficient (Wildman–Crippen LogP) is 13.0. The number of hydrogen-bond acceptors (Lipinski definition) is 8. The molecule has 1 aliphatic heterocycles. The highest BCUT2D eigenvalue weighted by Crippen LogP contribution is 2.62. The summed E-state index contributed by atoms with van der Waals surface area (Å²) in [5.74, 6) is 1.03. The predicted molar refractivity (Wildman–Crippen MR) is 274 cm³/mol. The van der Waals surface area contributed by atoms with E-state index in [9.17, 15) is 10.2 Å². The standard InChI is InChI=1S/C60H70N2O7/c1-3-37-66-60-56(62(57(65)34-27-42-17-8-9-18-42)41-47-24-16-23-45-21-10-11-25-50(45)47)40-54(61-67-4-2)52-38-46(22-12-14-35-63)51(26-13-15-36-64)58(59(52)60)53-39-49(32-33-55(53)69-60)68-48-30-28-44(29-31-48)43-19-6-5-7-20-43/h3,5-7,10-11,16,19-21,23-25,28-33,38-39,42,46,51,56,58-59,63-64H,1,4,8-9,12-15,17-18,22,26-27,34-37,40-41H2,2H3. The van der Waals surface area contributed by atoms with Crippen LogP contribution in [0.15, 0.2) is 145 Å². The van der Waals surface area contributed by atoms with Crippen molar-refractivity contribution in [1.29, 1.82) is 0 Å². The molecule has 2 saturated carbocycles. The van der Waals surface area contributed by atoms with E-state index in [0.717, 1.165) is 95.0 Å². The molecular formula is C60H70N2O7. The quantitative estimate of drug-likeness (QED) is 0.0404. The Hall–Kier alpha value is -5.74. The maximum Gasteiger partial charge on any atom is 0.239 e. The minimum atomic E-state index is -1.35. The van der Waals surface area contributed by atoms with Crippen LogP contribution in [-0.2, 0) is 20.9 Å². The van der Waals surface area contributed by atoms with Gasteiger partial charge >= 0.3 is 0 Å². The van der Waals surface area contributed by atoms with Crippen LogP contribution in [0.2, 0.25) is 0 Å². The van der Waals surface area contributed by atoms with Gasteiger partial charge in [0.2, 0.25) is 11.7 Å². The molecule has 3 aliphatic carbocycles. The summed E-state index contributed by atoms with van der Waals surface area (Å²) >= 11 is 0. The molecule has 0 radical (unpaired) electrons. The average molecular weight is 931 g/mol. The van der Waals surface area contributed by atoms with Crippen molar-refractivity contribution in [3.05, 3.63) is 151 Å². The number of benzene rings is 5. The van der Waals surface area contributed by atoms with Crippen molar-refractivity contribution in [2.45, 2.75) is 115 Å². The van der Waals surface area contributed by atoms with E-state index in [-0.39, 0.29) is 43.5 Å². The zero-order valence-corrected chi connectivity index (χ0v) is 40.4. The van der Waals surface area contributed by atoms with Gasteiger partial charge in [-0.15, -0.1) is 6.58 Å². The number of ether oxygens (including phenoxy) is 3. The molecule has 362 valence electrons. The first kappa shape index (κ1) is 48.3. The van der Waals surface area contributed by atoms with Crippen LogP contribution in [0, 0.1) is 23.7 Å². The number of allylic oxidation sites excluding steroid dienone is 1. The Morgan fingerprint density at radius 1 is 0.841 bits per heavy atom. The Morgan fingerprint density at radius 3 is 2.33 bits per heavy atom. The van der Waals surface area contributed by atoms with Crippen LogP contribution in [0.5, 0.6) is 17.2 Å². The number of amides is 1. The second-order valence-corrected chi connectivity index (χ2v) is 19.5. The van der Waals surface area contributed by atoms with Crippen molar-refractivity contribution >= 4 is 22.4 Å². The SMILES string of the molecule is C=CCOC12Oc3ccc(Oc4ccc(-c5ccccc5)cc4)cc3C3C(CCCCO)C(CCCCO)C=C(C(=NOCC)CC1N(Cc1cccc4ccccc14)C(=O)CCC1CCCC1)C32. The van der Waals surface area contributed by atoms with Crippen molar-refractivity contribution in [3.8, 4) is 28.4 Å². The lowest BCUT2D eigenvalue weighted by atomic mass is 9.55. The number of aliphatic hydroxyl groups is 2. The molecule has 0 spiro atoms. The molecular weight excluding hydrogens is 861 g/mol. The fourth-order valence-electron chi connectivity index (χ4n) is 12.1. The number of aliphatic hydroxyl groups excluding tert-OH is 2. The topological polar surface area (TPSA) is 110 Å². The Balaban J connectivity index is 1.21. The van der Waals surface area contributed by atoms with Gasteiger partial charge in [-0.2, -0.15) is 0 Å². The first-order valence-electron chi connectivity index (χ1n) is 25.7. The molecule has 69 heavy (non-hydrogen) atoms. The van der Waals surface area contributed by atoms with E-state index in [4.69, 9.17) is 24.2 Å². The molecule has 9 nitrogen and oxygen atoms in total. The maximum absolute atomic E-state index is 15.4. The van der Waals surface area contributed by atoms with Gasteiger partial charge < -0.3 is 34.2 Å². The monoisotopic (exact) mass is 931 g/mol. The second-order valence-electron chi connectivity index (χ2n) is 19.5. The van der Waals surface area contributed by atoms with Gasteiger partial charge in [-0.05, 0) is 120 Å². The zero-order valence-electron chi connectivity index (χ0n) is 40.4. The van der Waals surface area contributed by atoms with Gasteiger partial charge in [0.1, 0.15) is 29.9 Å². The normalized spacial score (nSPS) is 23.4. The number of carbonyl (C=O) groups excluding carboxylic acids is 1. The summed E-state index contributed by atoms with van der Waals surface area (Å²) in [5.41, 5.74) is 6.17. The number of oxime groups is 1. The summed E-state index contributed by atoms with van der Waals surface area (Å²) in [7, 11) is 0. The highest BCUT2D eigenvalue weighted by Gasteiger charge is 2.65. The van der Waals surface area contributed by atoms with Crippen LogP contribution >= 0.6 is 0 Å². The highest BCUT2D eigenvalue weighted by atomic mass is 16.7. The van der Waals surface area contributed by atoms with Crippen molar-refractivity contribution in [2.24, 2.45) is 28.8 Å². The lowest BCUT2D eigenvalue weighted by Crippen LogP contribution is -2.70. The Kier molecular flexibility index (Phi) is 15.9. The number of rotatable bonds is 22. The van der Waals surface area contributed by atoms with Gasteiger partial charge in [-0.25, -0.2) is 0 Å². The third-order valence-corrected chi connectivity index (χ3v) is 15.3. The first-order valence-corrected chi connectivity index (χ1v) is 25.7. The van der Waals surface area contributed by atoms with E-state index in [0.29, 0.717) is 56.3 Å². The van der Waals surface area contributed by atoms with E-state index in [1.807, 2.05) is 49.4 Å². The summed E-state index contributed by atoms with van der Waals surface area (Å²) in [6.45, 7) is 7.30. The number of unbranched alkanes of at least 4 members (excludes halogenated alkanes) is 2. The lowest BCUT2D eigenvalue weighted by molar-refractivity contribution is -0.258. The van der Waals surface area contributed by atoms with E-state index in [1.165, 1.54) is 12.8 Å². The number of carbonyl (C=O) groups is 1. The minimum Gasteiger partial charge on any atom is -0.459 e. The van der Waals surface area contributed by atoms with Crippen molar-refractivity contribution in [3.63, 3.8) is 0 Å². The molecule has 5 aromatic carbocycles. The Morgan fingerprint density at radius 2 is 1.57 bits per heavy atom. The van der Waals surface area contributed by atoms with E-state index >= 15 is 4.79 Å². The fourth-order valence-corrected chi connectivity index (χ4v) is 12.1. The Labute approximate surface area is 408 Å². The smallest absolute Gasteiger partial charge is 0.239 e. The lowest BCUT2D eigenvalue weighted by Gasteiger charge is -2.60. The third kappa shape index (κ3) is 10.6. The van der Waals surface area contributed by atoms with Crippen molar-refractivity contribution in [2.75, 3.05) is 26.4 Å². The molecule has 1 heterocycles. The van der Waals surface area contributed by atoms with Crippen molar-refractivity contribution in [1.82, 2.24) is 4.90 Å². The molecule has 9 heteroatoms. The summed E-state index contributed by atoms with van der Waals surface area (Å²) in [4.78, 5) is 23.6. The number of hydrogen-bond donors (Lipinski definition) is 2. The van der Waals surface area contributed by atoms with Crippen molar-refractivity contribution < 1.29 is 34.1 Å². The number of nitrogens with zero attached hydrogens (tertiary/aromatic N) is 2. The molecule has 2 N–H and O–H groups in total. The summed E-state index contributed by atoms with van der Waals surface area (Å²) < 4.78 is 21.6. The average Bonchev–Trinajstić information content (AvgIpc) is 3.92. The molecule has 2 fully saturated rings. The molecule has 9 rings (SSSR count). The van der Waals surface area contributed by atoms with E-state index in [1.54, 1.807) is 6.08 Å². The van der Waals surface area contributed by atoms with Gasteiger partial charge in [0.25, 0.3) is 0 Å². The third-order valence-electron chi connectivity index (χ3n) is 15.3. The van der Waals surface area contributed by atoms with Crippen LogP contribution in [-0.4, -0.2) is 65.0 Å². The molecule has 1 amide bonds. The van der Waals surface area contributed by atoms with Crippen LogP contribution in [0.1, 0.15) is 107 Å². The molecule has 4 aliphatic rings. The largest absolute Gasteiger partial charge is 0.459 e.